The molecule has 0 amide bonds. The number of anilines is 1. The monoisotopic (exact) mass is 347 g/mol. The highest BCUT2D eigenvalue weighted by Gasteiger charge is 2.23. The standard InChI is InChI=1S/C16H14BrNO3/c17-12-5-3-6-13(15(12)16(19)20)18-9-11-8-10-4-1-2-7-14(10)21-11/h1-7,11,18H,8-9H2,(H,19,20). The molecular formula is C16H14BrNO3. The molecule has 4 nitrogen and oxygen atoms in total. The molecule has 0 saturated heterocycles. The topological polar surface area (TPSA) is 58.6 Å². The molecule has 1 aliphatic rings. The average molecular weight is 348 g/mol. The molecule has 3 rings (SSSR count). The zero-order valence-electron chi connectivity index (χ0n) is 11.2. The van der Waals surface area contributed by atoms with E-state index in [-0.39, 0.29) is 11.7 Å². The fourth-order valence-corrected chi connectivity index (χ4v) is 3.02. The second-order valence-corrected chi connectivity index (χ2v) is 5.75. The lowest BCUT2D eigenvalue weighted by Gasteiger charge is -2.15. The van der Waals surface area contributed by atoms with Crippen LogP contribution < -0.4 is 10.1 Å². The average Bonchev–Trinajstić information content (AvgIpc) is 2.87. The molecule has 1 aliphatic heterocycles. The summed E-state index contributed by atoms with van der Waals surface area (Å²) in [6, 6.07) is 13.2. The number of ether oxygens (including phenoxy) is 1. The number of benzene rings is 2. The van der Waals surface area contributed by atoms with Crippen LogP contribution in [0.15, 0.2) is 46.9 Å². The Balaban J connectivity index is 1.70. The summed E-state index contributed by atoms with van der Waals surface area (Å²) < 4.78 is 6.40. The van der Waals surface area contributed by atoms with E-state index in [2.05, 4.69) is 27.3 Å². The van der Waals surface area contributed by atoms with Crippen molar-refractivity contribution in [2.45, 2.75) is 12.5 Å². The third-order valence-electron chi connectivity index (χ3n) is 3.46. The van der Waals surface area contributed by atoms with Crippen LogP contribution in [0.2, 0.25) is 0 Å². The Morgan fingerprint density at radius 2 is 2.10 bits per heavy atom. The second-order valence-electron chi connectivity index (χ2n) is 4.90. The van der Waals surface area contributed by atoms with Crippen molar-refractivity contribution >= 4 is 27.6 Å². The van der Waals surface area contributed by atoms with E-state index in [0.717, 1.165) is 12.2 Å². The van der Waals surface area contributed by atoms with E-state index in [1.165, 1.54) is 5.56 Å². The van der Waals surface area contributed by atoms with Gasteiger partial charge in [-0.1, -0.05) is 24.3 Å². The van der Waals surface area contributed by atoms with Gasteiger partial charge in [0, 0.05) is 16.6 Å². The maximum atomic E-state index is 11.3. The molecule has 1 atom stereocenters. The Morgan fingerprint density at radius 1 is 1.29 bits per heavy atom. The lowest BCUT2D eigenvalue weighted by Crippen LogP contribution is -2.24. The van der Waals surface area contributed by atoms with Crippen molar-refractivity contribution in [1.29, 1.82) is 0 Å². The Labute approximate surface area is 130 Å². The molecule has 108 valence electrons. The molecule has 5 heteroatoms. The minimum atomic E-state index is -0.958. The minimum absolute atomic E-state index is 0.0167. The molecule has 2 aromatic carbocycles. The molecule has 0 aromatic heterocycles. The quantitative estimate of drug-likeness (QED) is 0.887. The van der Waals surface area contributed by atoms with Crippen LogP contribution in [0.4, 0.5) is 5.69 Å². The van der Waals surface area contributed by atoms with Crippen LogP contribution in [0.1, 0.15) is 15.9 Å². The number of halogens is 1. The van der Waals surface area contributed by atoms with Crippen molar-refractivity contribution in [3.8, 4) is 5.75 Å². The van der Waals surface area contributed by atoms with Gasteiger partial charge in [0.15, 0.2) is 0 Å². The number of carboxylic acids is 1. The Morgan fingerprint density at radius 3 is 2.86 bits per heavy atom. The van der Waals surface area contributed by atoms with Gasteiger partial charge in [-0.25, -0.2) is 4.79 Å². The molecule has 0 bridgehead atoms. The summed E-state index contributed by atoms with van der Waals surface area (Å²) in [5.74, 6) is -0.0439. The summed E-state index contributed by atoms with van der Waals surface area (Å²) in [5.41, 5.74) is 2.03. The molecule has 1 heterocycles. The van der Waals surface area contributed by atoms with Crippen molar-refractivity contribution in [2.75, 3.05) is 11.9 Å². The van der Waals surface area contributed by atoms with Crippen LogP contribution in [0, 0.1) is 0 Å². The highest BCUT2D eigenvalue weighted by atomic mass is 79.9. The summed E-state index contributed by atoms with van der Waals surface area (Å²) in [6.07, 6.45) is 0.850. The Kier molecular flexibility index (Phi) is 3.84. The molecule has 0 radical (unpaired) electrons. The first kappa shape index (κ1) is 13.9. The van der Waals surface area contributed by atoms with Crippen molar-refractivity contribution < 1.29 is 14.6 Å². The number of aromatic carboxylic acids is 1. The van der Waals surface area contributed by atoms with Crippen molar-refractivity contribution in [3.63, 3.8) is 0 Å². The number of para-hydroxylation sites is 1. The van der Waals surface area contributed by atoms with Gasteiger partial charge in [0.2, 0.25) is 0 Å². The summed E-state index contributed by atoms with van der Waals surface area (Å²) in [5, 5.41) is 12.5. The van der Waals surface area contributed by atoms with Crippen LogP contribution in [0.3, 0.4) is 0 Å². The third-order valence-corrected chi connectivity index (χ3v) is 4.12. The predicted molar refractivity (Wildman–Crippen MR) is 84.2 cm³/mol. The maximum Gasteiger partial charge on any atom is 0.338 e. The van der Waals surface area contributed by atoms with Gasteiger partial charge >= 0.3 is 5.97 Å². The Bertz CT molecular complexity index is 662. The molecule has 2 N–H and O–H groups in total. The maximum absolute atomic E-state index is 11.3. The molecule has 0 spiro atoms. The summed E-state index contributed by atoms with van der Waals surface area (Å²) in [4.78, 5) is 11.3. The number of carbonyl (C=O) groups is 1. The fraction of sp³-hybridized carbons (Fsp3) is 0.188. The fourth-order valence-electron chi connectivity index (χ4n) is 2.48. The molecule has 21 heavy (non-hydrogen) atoms. The number of hydrogen-bond acceptors (Lipinski definition) is 3. The highest BCUT2D eigenvalue weighted by molar-refractivity contribution is 9.10. The first-order valence-corrected chi connectivity index (χ1v) is 7.44. The SMILES string of the molecule is O=C(O)c1c(Br)cccc1NCC1Cc2ccccc2O1. The van der Waals surface area contributed by atoms with E-state index in [9.17, 15) is 9.90 Å². The van der Waals surface area contributed by atoms with Crippen LogP contribution in [-0.2, 0) is 6.42 Å². The molecule has 0 saturated carbocycles. The second kappa shape index (κ2) is 5.77. The molecule has 0 aliphatic carbocycles. The van der Waals surface area contributed by atoms with Crippen LogP contribution in [0.25, 0.3) is 0 Å². The van der Waals surface area contributed by atoms with Gasteiger partial charge < -0.3 is 15.2 Å². The summed E-state index contributed by atoms with van der Waals surface area (Å²) >= 11 is 3.27. The number of fused-ring (bicyclic) bond motifs is 1. The van der Waals surface area contributed by atoms with Crippen LogP contribution in [-0.4, -0.2) is 23.7 Å². The zero-order valence-corrected chi connectivity index (χ0v) is 12.8. The lowest BCUT2D eigenvalue weighted by atomic mass is 10.1. The number of carboxylic acid groups (broad SMARTS) is 1. The van der Waals surface area contributed by atoms with E-state index in [1.807, 2.05) is 24.3 Å². The molecule has 1 unspecified atom stereocenters. The first-order valence-electron chi connectivity index (χ1n) is 6.65. The van der Waals surface area contributed by atoms with Gasteiger partial charge in [-0.05, 0) is 39.7 Å². The minimum Gasteiger partial charge on any atom is -0.488 e. The van der Waals surface area contributed by atoms with E-state index < -0.39 is 5.97 Å². The molecule has 0 fully saturated rings. The summed E-state index contributed by atoms with van der Waals surface area (Å²) in [7, 11) is 0. The number of rotatable bonds is 4. The molecular weight excluding hydrogens is 334 g/mol. The highest BCUT2D eigenvalue weighted by Crippen LogP contribution is 2.29. The van der Waals surface area contributed by atoms with E-state index >= 15 is 0 Å². The van der Waals surface area contributed by atoms with E-state index in [1.54, 1.807) is 12.1 Å². The van der Waals surface area contributed by atoms with Crippen molar-refractivity contribution in [3.05, 3.63) is 58.1 Å². The zero-order chi connectivity index (χ0) is 14.8. The summed E-state index contributed by atoms with van der Waals surface area (Å²) in [6.45, 7) is 0.561. The number of hydrogen-bond donors (Lipinski definition) is 2. The van der Waals surface area contributed by atoms with Crippen molar-refractivity contribution in [1.82, 2.24) is 0 Å². The van der Waals surface area contributed by atoms with Crippen LogP contribution in [0.5, 0.6) is 5.75 Å². The number of nitrogens with one attached hydrogen (secondary N) is 1. The van der Waals surface area contributed by atoms with Gasteiger partial charge in [0.05, 0.1) is 12.1 Å². The predicted octanol–water partition coefficient (Wildman–Crippen LogP) is 3.56. The first-order chi connectivity index (χ1) is 10.1. The third kappa shape index (κ3) is 2.88. The van der Waals surface area contributed by atoms with Gasteiger partial charge in [0.1, 0.15) is 11.9 Å². The lowest BCUT2D eigenvalue weighted by molar-refractivity contribution is 0.0697. The van der Waals surface area contributed by atoms with Gasteiger partial charge in [0.25, 0.3) is 0 Å². The normalized spacial score (nSPS) is 16.1. The van der Waals surface area contributed by atoms with Gasteiger partial charge in [-0.2, -0.15) is 0 Å². The smallest absolute Gasteiger partial charge is 0.338 e. The van der Waals surface area contributed by atoms with Gasteiger partial charge in [-0.3, -0.25) is 0 Å². The Hall–Kier alpha value is -2.01. The van der Waals surface area contributed by atoms with Crippen LogP contribution >= 0.6 is 15.9 Å². The van der Waals surface area contributed by atoms with E-state index in [0.29, 0.717) is 16.7 Å². The van der Waals surface area contributed by atoms with Crippen molar-refractivity contribution in [2.24, 2.45) is 0 Å². The largest absolute Gasteiger partial charge is 0.488 e. The van der Waals surface area contributed by atoms with Gasteiger partial charge in [-0.15, -0.1) is 0 Å². The molecule has 2 aromatic rings. The van der Waals surface area contributed by atoms with E-state index in [4.69, 9.17) is 4.74 Å².